The average Bonchev–Trinajstić information content (AvgIpc) is 2.32. The van der Waals surface area contributed by atoms with Crippen LogP contribution in [0.2, 0.25) is 0 Å². The summed E-state index contributed by atoms with van der Waals surface area (Å²) in [6.45, 7) is 6.35. The lowest BCUT2D eigenvalue weighted by Gasteiger charge is -2.35. The van der Waals surface area contributed by atoms with E-state index in [1.54, 1.807) is 0 Å². The Hall–Kier alpha value is -1.09. The minimum absolute atomic E-state index is 0.0817. The molecule has 0 aromatic heterocycles. The van der Waals surface area contributed by atoms with Gasteiger partial charge in [0.1, 0.15) is 11.6 Å². The van der Waals surface area contributed by atoms with Crippen molar-refractivity contribution in [2.24, 2.45) is 5.92 Å². The van der Waals surface area contributed by atoms with E-state index in [4.69, 9.17) is 0 Å². The van der Waals surface area contributed by atoms with Crippen LogP contribution >= 0.6 is 0 Å². The normalized spacial score (nSPS) is 20.4. The van der Waals surface area contributed by atoms with E-state index < -0.39 is 0 Å². The first-order chi connectivity index (χ1) is 8.08. The van der Waals surface area contributed by atoms with E-state index in [2.05, 4.69) is 11.8 Å². The van der Waals surface area contributed by atoms with Crippen molar-refractivity contribution in [3.8, 4) is 5.75 Å². The molecule has 1 aliphatic heterocycles. The number of aromatic hydroxyl groups is 1. The molecule has 1 saturated heterocycles. The summed E-state index contributed by atoms with van der Waals surface area (Å²) in [5.74, 6) is 0.687. The Bertz CT molecular complexity index is 386. The number of phenols is 1. The summed E-state index contributed by atoms with van der Waals surface area (Å²) in [6, 6.07) is 4.26. The molecule has 3 heteroatoms. The number of phenolic OH excluding ortho intramolecular Hbond substituents is 1. The Labute approximate surface area is 102 Å². The summed E-state index contributed by atoms with van der Waals surface area (Å²) in [5.41, 5.74) is 0.694. The molecule has 0 spiro atoms. The molecule has 1 unspecified atom stereocenters. The third kappa shape index (κ3) is 2.78. The molecule has 0 aliphatic carbocycles. The smallest absolute Gasteiger partial charge is 0.123 e. The van der Waals surface area contributed by atoms with Crippen LogP contribution in [0.1, 0.15) is 38.3 Å². The van der Waals surface area contributed by atoms with Crippen molar-refractivity contribution in [1.29, 1.82) is 0 Å². The lowest BCUT2D eigenvalue weighted by Crippen LogP contribution is -2.35. The average molecular weight is 237 g/mol. The Morgan fingerprint density at radius 3 is 2.65 bits per heavy atom. The van der Waals surface area contributed by atoms with Gasteiger partial charge in [-0.3, -0.25) is 4.90 Å². The maximum absolute atomic E-state index is 13.2. The van der Waals surface area contributed by atoms with Crippen molar-refractivity contribution in [2.75, 3.05) is 13.1 Å². The minimum Gasteiger partial charge on any atom is -0.508 e. The van der Waals surface area contributed by atoms with E-state index in [0.29, 0.717) is 5.56 Å². The van der Waals surface area contributed by atoms with Crippen LogP contribution in [0, 0.1) is 11.7 Å². The number of nitrogens with zero attached hydrogens (tertiary/aromatic N) is 1. The lowest BCUT2D eigenvalue weighted by molar-refractivity contribution is 0.145. The van der Waals surface area contributed by atoms with Crippen LogP contribution in [0.15, 0.2) is 18.2 Å². The van der Waals surface area contributed by atoms with Gasteiger partial charge in [-0.25, -0.2) is 4.39 Å². The molecule has 1 aromatic carbocycles. The maximum atomic E-state index is 13.2. The molecule has 0 bridgehead atoms. The Balaban J connectivity index is 2.13. The molecule has 17 heavy (non-hydrogen) atoms. The summed E-state index contributed by atoms with van der Waals surface area (Å²) >= 11 is 0. The molecular weight excluding hydrogens is 217 g/mol. The molecule has 1 N–H and O–H groups in total. The number of rotatable bonds is 2. The van der Waals surface area contributed by atoms with Gasteiger partial charge in [-0.05, 0) is 57.0 Å². The monoisotopic (exact) mass is 237 g/mol. The molecule has 1 fully saturated rings. The fraction of sp³-hybridized carbons (Fsp3) is 0.571. The molecule has 1 heterocycles. The van der Waals surface area contributed by atoms with Crippen molar-refractivity contribution < 1.29 is 9.50 Å². The molecule has 0 amide bonds. The van der Waals surface area contributed by atoms with Crippen LogP contribution in [-0.4, -0.2) is 23.1 Å². The van der Waals surface area contributed by atoms with Crippen molar-refractivity contribution >= 4 is 0 Å². The summed E-state index contributed by atoms with van der Waals surface area (Å²) in [6.07, 6.45) is 2.36. The van der Waals surface area contributed by atoms with Gasteiger partial charge in [0.2, 0.25) is 0 Å². The first-order valence-electron chi connectivity index (χ1n) is 6.30. The fourth-order valence-corrected chi connectivity index (χ4v) is 2.47. The minimum atomic E-state index is -0.282. The third-order valence-corrected chi connectivity index (χ3v) is 3.81. The lowest BCUT2D eigenvalue weighted by atomic mass is 9.96. The van der Waals surface area contributed by atoms with E-state index >= 15 is 0 Å². The van der Waals surface area contributed by atoms with Gasteiger partial charge in [0.05, 0.1) is 0 Å². The summed E-state index contributed by atoms with van der Waals surface area (Å²) in [4.78, 5) is 2.31. The molecule has 1 aromatic rings. The molecule has 94 valence electrons. The van der Waals surface area contributed by atoms with E-state index in [1.807, 2.05) is 6.92 Å². The quantitative estimate of drug-likeness (QED) is 0.853. The van der Waals surface area contributed by atoms with Crippen LogP contribution in [0.4, 0.5) is 4.39 Å². The zero-order valence-corrected chi connectivity index (χ0v) is 10.5. The summed E-state index contributed by atoms with van der Waals surface area (Å²) in [7, 11) is 0. The fourth-order valence-electron chi connectivity index (χ4n) is 2.47. The Kier molecular flexibility index (Phi) is 3.67. The van der Waals surface area contributed by atoms with Crippen molar-refractivity contribution in [3.05, 3.63) is 29.6 Å². The second-order valence-electron chi connectivity index (χ2n) is 5.10. The number of benzene rings is 1. The van der Waals surface area contributed by atoms with Crippen LogP contribution in [0.25, 0.3) is 0 Å². The Morgan fingerprint density at radius 1 is 1.35 bits per heavy atom. The van der Waals surface area contributed by atoms with Crippen molar-refractivity contribution in [3.63, 3.8) is 0 Å². The highest BCUT2D eigenvalue weighted by molar-refractivity contribution is 5.35. The number of halogens is 1. The van der Waals surface area contributed by atoms with E-state index in [9.17, 15) is 9.50 Å². The van der Waals surface area contributed by atoms with Crippen LogP contribution < -0.4 is 0 Å². The number of hydrogen-bond donors (Lipinski definition) is 1. The standard InChI is InChI=1S/C14H20FNO/c1-10-5-7-16(8-6-10)11(2)13-9-12(15)3-4-14(13)17/h3-4,9-11,17H,5-8H2,1-2H3. The van der Waals surface area contributed by atoms with Gasteiger partial charge in [0.15, 0.2) is 0 Å². The number of likely N-dealkylation sites (tertiary alicyclic amines) is 1. The molecular formula is C14H20FNO. The van der Waals surface area contributed by atoms with Gasteiger partial charge < -0.3 is 5.11 Å². The van der Waals surface area contributed by atoms with Gasteiger partial charge in [0.25, 0.3) is 0 Å². The predicted molar refractivity (Wildman–Crippen MR) is 66.5 cm³/mol. The highest BCUT2D eigenvalue weighted by atomic mass is 19.1. The van der Waals surface area contributed by atoms with E-state index in [1.165, 1.54) is 31.0 Å². The second-order valence-corrected chi connectivity index (χ2v) is 5.10. The number of hydrogen-bond acceptors (Lipinski definition) is 2. The topological polar surface area (TPSA) is 23.5 Å². The SMILES string of the molecule is CC1CCN(C(C)c2cc(F)ccc2O)CC1. The molecule has 1 aliphatic rings. The predicted octanol–water partition coefficient (Wildman–Crippen LogP) is 3.32. The zero-order chi connectivity index (χ0) is 12.4. The third-order valence-electron chi connectivity index (χ3n) is 3.81. The highest BCUT2D eigenvalue weighted by Crippen LogP contribution is 2.31. The van der Waals surface area contributed by atoms with Gasteiger partial charge in [-0.1, -0.05) is 6.92 Å². The van der Waals surface area contributed by atoms with Crippen LogP contribution in [0.5, 0.6) is 5.75 Å². The van der Waals surface area contributed by atoms with Crippen LogP contribution in [-0.2, 0) is 0 Å². The largest absolute Gasteiger partial charge is 0.508 e. The van der Waals surface area contributed by atoms with Crippen molar-refractivity contribution in [2.45, 2.75) is 32.7 Å². The molecule has 2 rings (SSSR count). The molecule has 2 nitrogen and oxygen atoms in total. The van der Waals surface area contributed by atoms with Gasteiger partial charge >= 0.3 is 0 Å². The first-order valence-corrected chi connectivity index (χ1v) is 6.30. The molecule has 0 saturated carbocycles. The highest BCUT2D eigenvalue weighted by Gasteiger charge is 2.23. The van der Waals surface area contributed by atoms with Gasteiger partial charge in [-0.2, -0.15) is 0 Å². The summed E-state index contributed by atoms with van der Waals surface area (Å²) < 4.78 is 13.2. The first kappa shape index (κ1) is 12.4. The molecule has 0 radical (unpaired) electrons. The zero-order valence-electron chi connectivity index (χ0n) is 10.5. The van der Waals surface area contributed by atoms with E-state index in [-0.39, 0.29) is 17.6 Å². The van der Waals surface area contributed by atoms with Crippen molar-refractivity contribution in [1.82, 2.24) is 4.90 Å². The second kappa shape index (κ2) is 5.05. The van der Waals surface area contributed by atoms with Gasteiger partial charge in [-0.15, -0.1) is 0 Å². The molecule has 1 atom stereocenters. The van der Waals surface area contributed by atoms with E-state index in [0.717, 1.165) is 19.0 Å². The number of piperidine rings is 1. The maximum Gasteiger partial charge on any atom is 0.123 e. The van der Waals surface area contributed by atoms with Crippen LogP contribution in [0.3, 0.4) is 0 Å². The Morgan fingerprint density at radius 2 is 2.00 bits per heavy atom. The summed E-state index contributed by atoms with van der Waals surface area (Å²) in [5, 5.41) is 9.79. The van der Waals surface area contributed by atoms with Gasteiger partial charge in [0, 0.05) is 11.6 Å².